The summed E-state index contributed by atoms with van der Waals surface area (Å²) < 4.78 is 39.8. The van der Waals surface area contributed by atoms with Crippen LogP contribution in [0.4, 0.5) is 23.7 Å². The van der Waals surface area contributed by atoms with Crippen molar-refractivity contribution in [3.8, 4) is 0 Å². The van der Waals surface area contributed by atoms with Crippen molar-refractivity contribution >= 4 is 34.2 Å². The number of rotatable bonds is 3. The number of aryl methyl sites for hydroxylation is 2. The SMILES string of the molecule is CCSC1=NC2(CCN(C(=O)Nc3ccccc3C(F)(F)F)CC2)N=C1c1ccc(C)c(C)c1. The van der Waals surface area contributed by atoms with Crippen LogP contribution >= 0.6 is 11.8 Å². The molecule has 1 saturated heterocycles. The second kappa shape index (κ2) is 9.44. The number of hydrogen-bond acceptors (Lipinski definition) is 4. The molecule has 2 aromatic carbocycles. The van der Waals surface area contributed by atoms with E-state index in [1.54, 1.807) is 11.8 Å². The Morgan fingerprint density at radius 2 is 1.79 bits per heavy atom. The molecule has 2 aliphatic heterocycles. The number of nitrogens with zero attached hydrogens (tertiary/aromatic N) is 3. The molecule has 1 spiro atoms. The number of piperidine rings is 1. The highest BCUT2D eigenvalue weighted by Gasteiger charge is 2.41. The molecule has 0 radical (unpaired) electrons. The summed E-state index contributed by atoms with van der Waals surface area (Å²) in [5.41, 5.74) is 2.58. The van der Waals surface area contributed by atoms with Crippen LogP contribution in [0.3, 0.4) is 0 Å². The lowest BCUT2D eigenvalue weighted by Gasteiger charge is -2.35. The third-order valence-electron chi connectivity index (χ3n) is 6.22. The van der Waals surface area contributed by atoms with Crippen LogP contribution in [-0.2, 0) is 6.18 Å². The normalized spacial score (nSPS) is 17.5. The van der Waals surface area contributed by atoms with Gasteiger partial charge < -0.3 is 10.2 Å². The Morgan fingerprint density at radius 1 is 1.09 bits per heavy atom. The number of anilines is 1. The van der Waals surface area contributed by atoms with E-state index in [1.807, 2.05) is 0 Å². The number of carbonyl (C=O) groups is 1. The summed E-state index contributed by atoms with van der Waals surface area (Å²) in [4.78, 5) is 24.3. The third kappa shape index (κ3) is 4.99. The number of carbonyl (C=O) groups excluding carboxylic acids is 1. The standard InChI is InChI=1S/C25H27F3N4OS/c1-4-34-22-21(18-10-9-16(2)17(3)15-18)30-24(31-22)11-13-32(14-12-24)23(33)29-20-8-6-5-7-19(20)25(26,27)28/h5-10,15H,4,11-14H2,1-3H3,(H,29,33). The minimum atomic E-state index is -4.54. The van der Waals surface area contributed by atoms with Gasteiger partial charge in [0.1, 0.15) is 5.04 Å². The average Bonchev–Trinajstić information content (AvgIpc) is 3.13. The predicted molar refractivity (Wildman–Crippen MR) is 132 cm³/mol. The van der Waals surface area contributed by atoms with Crippen molar-refractivity contribution in [1.29, 1.82) is 0 Å². The molecule has 180 valence electrons. The monoisotopic (exact) mass is 488 g/mol. The first-order valence-corrected chi connectivity index (χ1v) is 12.2. The first-order chi connectivity index (χ1) is 16.1. The Balaban J connectivity index is 1.50. The summed E-state index contributed by atoms with van der Waals surface area (Å²) in [6.07, 6.45) is -3.51. The zero-order chi connectivity index (χ0) is 24.5. The second-order valence-corrected chi connectivity index (χ2v) is 9.81. The van der Waals surface area contributed by atoms with E-state index in [2.05, 4.69) is 44.3 Å². The summed E-state index contributed by atoms with van der Waals surface area (Å²) >= 11 is 1.65. The number of halogens is 3. The van der Waals surface area contributed by atoms with Crippen molar-refractivity contribution in [3.63, 3.8) is 0 Å². The number of likely N-dealkylation sites (tertiary alicyclic amines) is 1. The smallest absolute Gasteiger partial charge is 0.324 e. The number of benzene rings is 2. The fourth-order valence-corrected chi connectivity index (χ4v) is 4.97. The van der Waals surface area contributed by atoms with Gasteiger partial charge in [0.2, 0.25) is 0 Å². The van der Waals surface area contributed by atoms with E-state index in [-0.39, 0.29) is 5.69 Å². The molecule has 5 nitrogen and oxygen atoms in total. The molecule has 0 saturated carbocycles. The van der Waals surface area contributed by atoms with E-state index in [0.717, 1.165) is 28.1 Å². The van der Waals surface area contributed by atoms with Crippen molar-refractivity contribution < 1.29 is 18.0 Å². The summed E-state index contributed by atoms with van der Waals surface area (Å²) in [6.45, 7) is 6.93. The summed E-state index contributed by atoms with van der Waals surface area (Å²) in [5.74, 6) is 0.867. The molecule has 1 fully saturated rings. The molecule has 0 bridgehead atoms. The molecule has 0 aromatic heterocycles. The molecule has 34 heavy (non-hydrogen) atoms. The van der Waals surface area contributed by atoms with E-state index in [0.29, 0.717) is 25.9 Å². The summed E-state index contributed by atoms with van der Waals surface area (Å²) in [6, 6.07) is 10.7. The van der Waals surface area contributed by atoms with E-state index >= 15 is 0 Å². The van der Waals surface area contributed by atoms with Gasteiger partial charge >= 0.3 is 12.2 Å². The van der Waals surface area contributed by atoms with Crippen LogP contribution < -0.4 is 5.32 Å². The van der Waals surface area contributed by atoms with Crippen molar-refractivity contribution in [2.24, 2.45) is 9.98 Å². The van der Waals surface area contributed by atoms with Crippen LogP contribution in [0, 0.1) is 13.8 Å². The molecule has 9 heteroatoms. The van der Waals surface area contributed by atoms with Crippen LogP contribution in [0.25, 0.3) is 0 Å². The van der Waals surface area contributed by atoms with Crippen LogP contribution in [0.5, 0.6) is 0 Å². The van der Waals surface area contributed by atoms with Gasteiger partial charge in [-0.15, -0.1) is 11.8 Å². The van der Waals surface area contributed by atoms with Gasteiger partial charge in [-0.05, 0) is 48.9 Å². The zero-order valence-electron chi connectivity index (χ0n) is 19.4. The van der Waals surface area contributed by atoms with Gasteiger partial charge in [-0.2, -0.15) is 13.2 Å². The molecule has 0 aliphatic carbocycles. The van der Waals surface area contributed by atoms with Crippen molar-refractivity contribution in [2.75, 3.05) is 24.2 Å². The number of thioether (sulfide) groups is 1. The maximum atomic E-state index is 13.3. The zero-order valence-corrected chi connectivity index (χ0v) is 20.2. The number of alkyl halides is 3. The number of aliphatic imine (C=N–C) groups is 2. The number of urea groups is 1. The highest BCUT2D eigenvalue weighted by atomic mass is 32.2. The second-order valence-electron chi connectivity index (χ2n) is 8.55. The van der Waals surface area contributed by atoms with Crippen molar-refractivity contribution in [2.45, 2.75) is 45.5 Å². The van der Waals surface area contributed by atoms with Crippen LogP contribution in [0.2, 0.25) is 0 Å². The molecule has 2 amide bonds. The Morgan fingerprint density at radius 3 is 2.44 bits per heavy atom. The quantitative estimate of drug-likeness (QED) is 0.551. The maximum absolute atomic E-state index is 13.3. The lowest BCUT2D eigenvalue weighted by Crippen LogP contribution is -2.46. The van der Waals surface area contributed by atoms with E-state index < -0.39 is 23.4 Å². The fraction of sp³-hybridized carbons (Fsp3) is 0.400. The summed E-state index contributed by atoms with van der Waals surface area (Å²) in [7, 11) is 0. The van der Waals surface area contributed by atoms with Gasteiger partial charge in [-0.1, -0.05) is 31.2 Å². The highest BCUT2D eigenvalue weighted by Crippen LogP contribution is 2.37. The van der Waals surface area contributed by atoms with Gasteiger partial charge in [0, 0.05) is 31.5 Å². The minimum Gasteiger partial charge on any atom is -0.324 e. The Bertz CT molecular complexity index is 1150. The highest BCUT2D eigenvalue weighted by molar-refractivity contribution is 8.15. The van der Waals surface area contributed by atoms with E-state index in [9.17, 15) is 18.0 Å². The first-order valence-electron chi connectivity index (χ1n) is 11.2. The molecule has 1 N–H and O–H groups in total. The number of amides is 2. The molecule has 2 aliphatic rings. The Kier molecular flexibility index (Phi) is 6.75. The van der Waals surface area contributed by atoms with E-state index in [1.165, 1.54) is 34.2 Å². The lowest BCUT2D eigenvalue weighted by atomic mass is 9.98. The maximum Gasteiger partial charge on any atom is 0.418 e. The fourth-order valence-electron chi connectivity index (χ4n) is 4.16. The van der Waals surface area contributed by atoms with Gasteiger partial charge in [-0.3, -0.25) is 4.99 Å². The lowest BCUT2D eigenvalue weighted by molar-refractivity contribution is -0.136. The summed E-state index contributed by atoms with van der Waals surface area (Å²) in [5, 5.41) is 3.34. The number of para-hydroxylation sites is 1. The van der Waals surface area contributed by atoms with Crippen LogP contribution in [0.15, 0.2) is 52.4 Å². The first kappa shape index (κ1) is 24.3. The van der Waals surface area contributed by atoms with Gasteiger partial charge in [0.25, 0.3) is 0 Å². The molecular weight excluding hydrogens is 461 g/mol. The van der Waals surface area contributed by atoms with Gasteiger partial charge in [0.15, 0.2) is 5.66 Å². The number of hydrogen-bond donors (Lipinski definition) is 1. The largest absolute Gasteiger partial charge is 0.418 e. The molecular formula is C25H27F3N4OS. The molecule has 0 atom stereocenters. The van der Waals surface area contributed by atoms with Crippen molar-refractivity contribution in [3.05, 3.63) is 64.7 Å². The van der Waals surface area contributed by atoms with E-state index in [4.69, 9.17) is 9.98 Å². The predicted octanol–water partition coefficient (Wildman–Crippen LogP) is 6.30. The van der Waals surface area contributed by atoms with Gasteiger partial charge in [0.05, 0.1) is 17.0 Å². The molecule has 2 aromatic rings. The Hall–Kier alpha value is -2.81. The number of nitrogens with one attached hydrogen (secondary N) is 1. The van der Waals surface area contributed by atoms with Crippen LogP contribution in [-0.4, -0.2) is 46.2 Å². The average molecular weight is 489 g/mol. The third-order valence-corrected chi connectivity index (χ3v) is 7.07. The minimum absolute atomic E-state index is 0.240. The van der Waals surface area contributed by atoms with Crippen molar-refractivity contribution in [1.82, 2.24) is 4.90 Å². The Labute approximate surface area is 201 Å². The van der Waals surface area contributed by atoms with Crippen LogP contribution in [0.1, 0.15) is 42.0 Å². The topological polar surface area (TPSA) is 57.1 Å². The molecule has 0 unspecified atom stereocenters. The molecule has 2 heterocycles. The van der Waals surface area contributed by atoms with Gasteiger partial charge in [-0.25, -0.2) is 9.79 Å². The molecule has 4 rings (SSSR count).